The van der Waals surface area contributed by atoms with Crippen molar-refractivity contribution >= 4 is 22.6 Å². The third-order valence-electron chi connectivity index (χ3n) is 3.40. The summed E-state index contributed by atoms with van der Waals surface area (Å²) in [6.45, 7) is 5.90. The highest BCUT2D eigenvalue weighted by molar-refractivity contribution is 6.20. The van der Waals surface area contributed by atoms with Gasteiger partial charge in [-0.3, -0.25) is 0 Å². The lowest BCUT2D eigenvalue weighted by Gasteiger charge is -2.08. The van der Waals surface area contributed by atoms with Crippen LogP contribution in [0.2, 0.25) is 0 Å². The molecule has 0 bridgehead atoms. The summed E-state index contributed by atoms with van der Waals surface area (Å²) in [6, 6.07) is 5.09. The lowest BCUT2D eigenvalue weighted by atomic mass is 10.2. The average Bonchev–Trinajstić information content (AvgIpc) is 2.96. The predicted molar refractivity (Wildman–Crippen MR) is 79.0 cm³/mol. The molecule has 1 atom stereocenters. The molecule has 1 aromatic carbocycles. The first-order valence-corrected chi connectivity index (χ1v) is 7.12. The Bertz CT molecular complexity index is 807. The van der Waals surface area contributed by atoms with E-state index in [1.165, 1.54) is 6.07 Å². The highest BCUT2D eigenvalue weighted by Gasteiger charge is 2.18. The van der Waals surface area contributed by atoms with Crippen LogP contribution in [0.25, 0.3) is 11.0 Å². The van der Waals surface area contributed by atoms with Gasteiger partial charge in [0, 0.05) is 12.1 Å². The Morgan fingerprint density at radius 3 is 2.71 bits per heavy atom. The highest BCUT2D eigenvalue weighted by atomic mass is 35.5. The van der Waals surface area contributed by atoms with Crippen molar-refractivity contribution in [3.63, 3.8) is 0 Å². The molecule has 110 valence electrons. The number of aromatic nitrogens is 3. The fourth-order valence-corrected chi connectivity index (χ4v) is 2.55. The van der Waals surface area contributed by atoms with Gasteiger partial charge in [0.05, 0.1) is 28.6 Å². The van der Waals surface area contributed by atoms with Gasteiger partial charge >= 0.3 is 0 Å². The molecule has 0 fully saturated rings. The van der Waals surface area contributed by atoms with Gasteiger partial charge in [-0.15, -0.1) is 11.6 Å². The van der Waals surface area contributed by atoms with Gasteiger partial charge in [0.2, 0.25) is 0 Å². The van der Waals surface area contributed by atoms with Crippen molar-refractivity contribution in [2.45, 2.75) is 32.7 Å². The first kappa shape index (κ1) is 14.1. The number of nitrogens with zero attached hydrogens (tertiary/aromatic N) is 3. The summed E-state index contributed by atoms with van der Waals surface area (Å²) in [5.74, 6) is 1.13. The van der Waals surface area contributed by atoms with Gasteiger partial charge in [0.25, 0.3) is 0 Å². The van der Waals surface area contributed by atoms with E-state index in [0.29, 0.717) is 29.2 Å². The van der Waals surface area contributed by atoms with Crippen LogP contribution in [0.1, 0.15) is 35.1 Å². The third kappa shape index (κ3) is 2.53. The summed E-state index contributed by atoms with van der Waals surface area (Å²) in [5.41, 5.74) is 2.82. The Balaban J connectivity index is 2.17. The first-order chi connectivity index (χ1) is 9.95. The predicted octanol–water partition coefficient (Wildman–Crippen LogP) is 4.13. The van der Waals surface area contributed by atoms with Gasteiger partial charge < -0.3 is 9.09 Å². The van der Waals surface area contributed by atoms with Crippen molar-refractivity contribution in [3.8, 4) is 0 Å². The number of imidazole rings is 1. The van der Waals surface area contributed by atoms with Gasteiger partial charge in [-0.25, -0.2) is 9.37 Å². The van der Waals surface area contributed by atoms with E-state index < -0.39 is 0 Å². The fraction of sp³-hybridized carbons (Fsp3) is 0.333. The van der Waals surface area contributed by atoms with E-state index in [1.807, 2.05) is 24.5 Å². The van der Waals surface area contributed by atoms with Gasteiger partial charge in [-0.1, -0.05) is 5.16 Å². The molecule has 21 heavy (non-hydrogen) atoms. The molecule has 0 spiro atoms. The maximum absolute atomic E-state index is 13.7. The van der Waals surface area contributed by atoms with Gasteiger partial charge in [-0.05, 0) is 32.4 Å². The molecule has 0 saturated heterocycles. The summed E-state index contributed by atoms with van der Waals surface area (Å²) in [7, 11) is 0. The monoisotopic (exact) mass is 307 g/mol. The molecule has 0 amide bonds. The van der Waals surface area contributed by atoms with Crippen molar-refractivity contribution in [2.75, 3.05) is 0 Å². The molecule has 0 aliphatic rings. The van der Waals surface area contributed by atoms with Crippen molar-refractivity contribution in [2.24, 2.45) is 0 Å². The van der Waals surface area contributed by atoms with E-state index in [2.05, 4.69) is 10.1 Å². The molecule has 1 unspecified atom stereocenters. The van der Waals surface area contributed by atoms with Crippen LogP contribution in [0, 0.1) is 19.7 Å². The van der Waals surface area contributed by atoms with Crippen LogP contribution < -0.4 is 0 Å². The van der Waals surface area contributed by atoms with Crippen LogP contribution in [-0.2, 0) is 6.54 Å². The number of hydrogen-bond donors (Lipinski definition) is 0. The normalized spacial score (nSPS) is 13.0. The SMILES string of the molecule is Cc1cc(Cn2c(C(C)Cl)nc3cc(F)c(C)cc32)on1. The molecule has 3 aromatic rings. The van der Waals surface area contributed by atoms with Crippen LogP contribution in [0.15, 0.2) is 22.7 Å². The molecule has 0 aliphatic carbocycles. The summed E-state index contributed by atoms with van der Waals surface area (Å²) in [6.07, 6.45) is 0. The minimum atomic E-state index is -0.287. The van der Waals surface area contributed by atoms with E-state index in [4.69, 9.17) is 16.1 Å². The molecule has 2 aromatic heterocycles. The number of aryl methyl sites for hydroxylation is 2. The number of fused-ring (bicyclic) bond motifs is 1. The van der Waals surface area contributed by atoms with Crippen LogP contribution in [-0.4, -0.2) is 14.7 Å². The van der Waals surface area contributed by atoms with E-state index in [0.717, 1.165) is 11.2 Å². The maximum Gasteiger partial charge on any atom is 0.156 e. The number of halogens is 2. The summed E-state index contributed by atoms with van der Waals surface area (Å²) >= 11 is 6.21. The Morgan fingerprint density at radius 2 is 2.10 bits per heavy atom. The molecule has 3 rings (SSSR count). The summed E-state index contributed by atoms with van der Waals surface area (Å²) < 4.78 is 20.9. The Labute approximate surface area is 126 Å². The molecule has 0 aliphatic heterocycles. The molecule has 2 heterocycles. The summed E-state index contributed by atoms with van der Waals surface area (Å²) in [4.78, 5) is 4.45. The van der Waals surface area contributed by atoms with Crippen LogP contribution in [0.4, 0.5) is 4.39 Å². The zero-order valence-electron chi connectivity index (χ0n) is 12.0. The van der Waals surface area contributed by atoms with Crippen LogP contribution in [0.3, 0.4) is 0 Å². The van der Waals surface area contributed by atoms with Crippen molar-refractivity contribution in [1.29, 1.82) is 0 Å². The largest absolute Gasteiger partial charge is 0.359 e. The van der Waals surface area contributed by atoms with Crippen molar-refractivity contribution < 1.29 is 8.91 Å². The second-order valence-electron chi connectivity index (χ2n) is 5.20. The second kappa shape index (κ2) is 5.15. The first-order valence-electron chi connectivity index (χ1n) is 6.68. The maximum atomic E-state index is 13.7. The lowest BCUT2D eigenvalue weighted by molar-refractivity contribution is 0.372. The number of benzene rings is 1. The molecular weight excluding hydrogens is 293 g/mol. The van der Waals surface area contributed by atoms with E-state index in [-0.39, 0.29) is 11.2 Å². The standard InChI is InChI=1S/C15H15ClFN3O/c1-8-4-14-13(6-12(8)17)18-15(10(3)16)20(14)7-11-5-9(2)19-21-11/h4-6,10H,7H2,1-3H3. The highest BCUT2D eigenvalue weighted by Crippen LogP contribution is 2.27. The molecule has 4 nitrogen and oxygen atoms in total. The molecule has 6 heteroatoms. The van der Waals surface area contributed by atoms with Crippen molar-refractivity contribution in [1.82, 2.24) is 14.7 Å². The molecular formula is C15H15ClFN3O. The second-order valence-corrected chi connectivity index (χ2v) is 5.85. The Kier molecular flexibility index (Phi) is 3.45. The lowest BCUT2D eigenvalue weighted by Crippen LogP contribution is -2.05. The Morgan fingerprint density at radius 1 is 1.33 bits per heavy atom. The van der Waals surface area contributed by atoms with E-state index in [1.54, 1.807) is 13.0 Å². The van der Waals surface area contributed by atoms with E-state index in [9.17, 15) is 4.39 Å². The number of rotatable bonds is 3. The number of alkyl halides is 1. The average molecular weight is 308 g/mol. The van der Waals surface area contributed by atoms with Crippen LogP contribution in [0.5, 0.6) is 0 Å². The minimum Gasteiger partial charge on any atom is -0.359 e. The quantitative estimate of drug-likeness (QED) is 0.683. The summed E-state index contributed by atoms with van der Waals surface area (Å²) in [5, 5.41) is 3.59. The van der Waals surface area contributed by atoms with Gasteiger partial charge in [0.1, 0.15) is 11.6 Å². The Hall–Kier alpha value is -1.88. The van der Waals surface area contributed by atoms with Gasteiger partial charge in [-0.2, -0.15) is 0 Å². The molecule has 0 radical (unpaired) electrons. The molecule has 0 saturated carbocycles. The fourth-order valence-electron chi connectivity index (χ4n) is 2.39. The third-order valence-corrected chi connectivity index (χ3v) is 3.60. The zero-order chi connectivity index (χ0) is 15.1. The molecule has 0 N–H and O–H groups in total. The zero-order valence-corrected chi connectivity index (χ0v) is 12.8. The number of hydrogen-bond acceptors (Lipinski definition) is 3. The van der Waals surface area contributed by atoms with Gasteiger partial charge in [0.15, 0.2) is 5.76 Å². The minimum absolute atomic E-state index is 0.267. The topological polar surface area (TPSA) is 43.9 Å². The van der Waals surface area contributed by atoms with Crippen molar-refractivity contribution in [3.05, 3.63) is 46.9 Å². The van der Waals surface area contributed by atoms with E-state index >= 15 is 0 Å². The van der Waals surface area contributed by atoms with Crippen LogP contribution >= 0.6 is 11.6 Å². The smallest absolute Gasteiger partial charge is 0.156 e.